The highest BCUT2D eigenvalue weighted by atomic mass is 35.5. The van der Waals surface area contributed by atoms with Crippen LogP contribution in [0.3, 0.4) is 0 Å². The quantitative estimate of drug-likeness (QED) is 0.565. The third kappa shape index (κ3) is 5.37. The lowest BCUT2D eigenvalue weighted by molar-refractivity contribution is -0.148. The molecule has 1 saturated heterocycles. The summed E-state index contributed by atoms with van der Waals surface area (Å²) in [7, 11) is 0. The number of amides is 2. The fourth-order valence-electron chi connectivity index (χ4n) is 2.00. The van der Waals surface area contributed by atoms with Crippen LogP contribution in [0.2, 0.25) is 0 Å². The van der Waals surface area contributed by atoms with Gasteiger partial charge in [0.15, 0.2) is 0 Å². The first-order chi connectivity index (χ1) is 9.20. The summed E-state index contributed by atoms with van der Waals surface area (Å²) < 4.78 is 5.31. The fourth-order valence-corrected chi connectivity index (χ4v) is 2.19. The molecule has 0 aromatic rings. The fraction of sp³-hybridized carbons (Fsp3) is 0.846. The van der Waals surface area contributed by atoms with Gasteiger partial charge in [-0.05, 0) is 19.3 Å². The van der Waals surface area contributed by atoms with Crippen molar-refractivity contribution in [2.24, 2.45) is 0 Å². The topological polar surface area (TPSA) is 58.6 Å². The summed E-state index contributed by atoms with van der Waals surface area (Å²) >= 11 is 5.60. The van der Waals surface area contributed by atoms with Gasteiger partial charge in [0, 0.05) is 25.4 Å². The molecular formula is C13H23ClN2O3. The van der Waals surface area contributed by atoms with Crippen molar-refractivity contribution >= 4 is 23.4 Å². The molecule has 0 spiro atoms. The van der Waals surface area contributed by atoms with Crippen LogP contribution in [0.1, 0.15) is 32.6 Å². The molecular weight excluding hydrogens is 268 g/mol. The number of halogens is 1. The van der Waals surface area contributed by atoms with Gasteiger partial charge in [0.05, 0.1) is 13.2 Å². The van der Waals surface area contributed by atoms with Gasteiger partial charge >= 0.3 is 0 Å². The van der Waals surface area contributed by atoms with Crippen LogP contribution in [0.5, 0.6) is 0 Å². The number of nitrogens with zero attached hydrogens (tertiary/aromatic N) is 1. The molecule has 1 N–H and O–H groups in total. The van der Waals surface area contributed by atoms with Gasteiger partial charge in [-0.15, -0.1) is 11.6 Å². The number of carbonyl (C=O) groups excluding carboxylic acids is 2. The number of morpholine rings is 1. The minimum atomic E-state index is -0.483. The summed E-state index contributed by atoms with van der Waals surface area (Å²) in [5.41, 5.74) is 0. The van der Waals surface area contributed by atoms with E-state index in [0.29, 0.717) is 32.0 Å². The second-order valence-corrected chi connectivity index (χ2v) is 4.99. The molecule has 0 saturated carbocycles. The van der Waals surface area contributed by atoms with Gasteiger partial charge in [-0.1, -0.05) is 6.92 Å². The number of rotatable bonds is 7. The van der Waals surface area contributed by atoms with E-state index < -0.39 is 6.04 Å². The summed E-state index contributed by atoms with van der Waals surface area (Å²) in [6, 6.07) is -0.483. The van der Waals surface area contributed by atoms with E-state index in [-0.39, 0.29) is 18.4 Å². The van der Waals surface area contributed by atoms with E-state index >= 15 is 0 Å². The van der Waals surface area contributed by atoms with Crippen molar-refractivity contribution in [3.8, 4) is 0 Å². The normalized spacial score (nSPS) is 19.3. The monoisotopic (exact) mass is 290 g/mol. The van der Waals surface area contributed by atoms with Crippen molar-refractivity contribution in [1.29, 1.82) is 0 Å². The van der Waals surface area contributed by atoms with Crippen LogP contribution in [0, 0.1) is 0 Å². The highest BCUT2D eigenvalue weighted by Crippen LogP contribution is 2.11. The first kappa shape index (κ1) is 16.2. The largest absolute Gasteiger partial charge is 0.377 e. The van der Waals surface area contributed by atoms with Gasteiger partial charge in [-0.2, -0.15) is 0 Å². The minimum absolute atomic E-state index is 0.0186. The molecule has 1 unspecified atom stereocenters. The summed E-state index contributed by atoms with van der Waals surface area (Å²) in [5.74, 6) is 0.467. The molecule has 1 rings (SSSR count). The maximum atomic E-state index is 12.1. The molecule has 0 aromatic heterocycles. The number of nitrogens with one attached hydrogen (secondary N) is 1. The molecule has 1 heterocycles. The zero-order chi connectivity index (χ0) is 14.1. The van der Waals surface area contributed by atoms with Crippen molar-refractivity contribution in [2.75, 3.05) is 32.2 Å². The van der Waals surface area contributed by atoms with Crippen LogP contribution in [0.25, 0.3) is 0 Å². The maximum Gasteiger partial charge on any atom is 0.245 e. The second-order valence-electron chi connectivity index (χ2n) is 4.61. The molecule has 6 heteroatoms. The highest BCUT2D eigenvalue weighted by Gasteiger charge is 2.32. The number of carbonyl (C=O) groups is 2. The smallest absolute Gasteiger partial charge is 0.245 e. The Morgan fingerprint density at radius 1 is 1.42 bits per heavy atom. The molecule has 1 atom stereocenters. The molecule has 0 bridgehead atoms. The van der Waals surface area contributed by atoms with E-state index in [1.807, 2.05) is 6.92 Å². The molecule has 110 valence electrons. The van der Waals surface area contributed by atoms with E-state index in [2.05, 4.69) is 5.32 Å². The molecule has 5 nitrogen and oxygen atoms in total. The highest BCUT2D eigenvalue weighted by molar-refractivity contribution is 6.17. The Morgan fingerprint density at radius 2 is 2.21 bits per heavy atom. The van der Waals surface area contributed by atoms with Crippen LogP contribution in [0.4, 0.5) is 0 Å². The van der Waals surface area contributed by atoms with Gasteiger partial charge in [0.25, 0.3) is 0 Å². The van der Waals surface area contributed by atoms with Gasteiger partial charge < -0.3 is 15.0 Å². The number of hydrogen-bond donors (Lipinski definition) is 1. The van der Waals surface area contributed by atoms with Crippen LogP contribution in [0.15, 0.2) is 0 Å². The van der Waals surface area contributed by atoms with Crippen LogP contribution >= 0.6 is 11.6 Å². The SMILES string of the molecule is CCCNC(=O)C1COCCN1C(=O)CCCCCl. The lowest BCUT2D eigenvalue weighted by Gasteiger charge is -2.34. The summed E-state index contributed by atoms with van der Waals surface area (Å²) in [4.78, 5) is 25.7. The van der Waals surface area contributed by atoms with E-state index in [9.17, 15) is 9.59 Å². The van der Waals surface area contributed by atoms with Crippen LogP contribution in [-0.4, -0.2) is 54.9 Å². The lowest BCUT2D eigenvalue weighted by atomic mass is 10.1. The van der Waals surface area contributed by atoms with Gasteiger partial charge in [0.2, 0.25) is 11.8 Å². The van der Waals surface area contributed by atoms with Crippen molar-refractivity contribution in [2.45, 2.75) is 38.6 Å². The molecule has 19 heavy (non-hydrogen) atoms. The standard InChI is InChI=1S/C13H23ClN2O3/c1-2-7-15-13(18)11-10-19-9-8-16(11)12(17)5-3-4-6-14/h11H,2-10H2,1H3,(H,15,18). The summed E-state index contributed by atoms with van der Waals surface area (Å²) in [6.07, 6.45) is 2.92. The van der Waals surface area contributed by atoms with Crippen LogP contribution in [-0.2, 0) is 14.3 Å². The number of hydrogen-bond acceptors (Lipinski definition) is 3. The third-order valence-electron chi connectivity index (χ3n) is 3.07. The lowest BCUT2D eigenvalue weighted by Crippen LogP contribution is -2.55. The Hall–Kier alpha value is -0.810. The van der Waals surface area contributed by atoms with Crippen molar-refractivity contribution in [1.82, 2.24) is 10.2 Å². The van der Waals surface area contributed by atoms with Gasteiger partial charge in [0.1, 0.15) is 6.04 Å². The van der Waals surface area contributed by atoms with Crippen molar-refractivity contribution < 1.29 is 14.3 Å². The third-order valence-corrected chi connectivity index (χ3v) is 3.34. The summed E-state index contributed by atoms with van der Waals surface area (Å²) in [6.45, 7) is 3.90. The minimum Gasteiger partial charge on any atom is -0.377 e. The molecule has 0 aromatic carbocycles. The molecule has 0 radical (unpaired) electrons. The van der Waals surface area contributed by atoms with Gasteiger partial charge in [-0.3, -0.25) is 9.59 Å². The van der Waals surface area contributed by atoms with E-state index in [1.54, 1.807) is 4.90 Å². The van der Waals surface area contributed by atoms with Crippen LogP contribution < -0.4 is 5.32 Å². The Labute approximate surface area is 119 Å². The Bertz CT molecular complexity index is 300. The Morgan fingerprint density at radius 3 is 2.89 bits per heavy atom. The van der Waals surface area contributed by atoms with Crippen molar-refractivity contribution in [3.05, 3.63) is 0 Å². The summed E-state index contributed by atoms with van der Waals surface area (Å²) in [5, 5.41) is 2.82. The molecule has 2 amide bonds. The Kier molecular flexibility index (Phi) is 7.82. The number of unbranched alkanes of at least 4 members (excludes halogenated alkanes) is 1. The zero-order valence-corrected chi connectivity index (χ0v) is 12.2. The van der Waals surface area contributed by atoms with E-state index in [0.717, 1.165) is 19.3 Å². The Balaban J connectivity index is 2.51. The second kappa shape index (κ2) is 9.15. The molecule has 1 aliphatic heterocycles. The van der Waals surface area contributed by atoms with Crippen molar-refractivity contribution in [3.63, 3.8) is 0 Å². The predicted octanol–water partition coefficient (Wildman–Crippen LogP) is 1.15. The maximum absolute atomic E-state index is 12.1. The molecule has 0 aliphatic carbocycles. The average molecular weight is 291 g/mol. The van der Waals surface area contributed by atoms with Gasteiger partial charge in [-0.25, -0.2) is 0 Å². The van der Waals surface area contributed by atoms with E-state index in [4.69, 9.17) is 16.3 Å². The molecule has 1 aliphatic rings. The predicted molar refractivity (Wildman–Crippen MR) is 74.2 cm³/mol. The van der Waals surface area contributed by atoms with E-state index in [1.165, 1.54) is 0 Å². The first-order valence-corrected chi connectivity index (χ1v) is 7.45. The number of alkyl halides is 1. The zero-order valence-electron chi connectivity index (χ0n) is 11.5. The first-order valence-electron chi connectivity index (χ1n) is 6.91. The molecule has 1 fully saturated rings. The average Bonchev–Trinajstić information content (AvgIpc) is 2.45. The number of ether oxygens (including phenoxy) is 1.